The second-order valence-electron chi connectivity index (χ2n) is 4.94. The molecule has 1 amide bonds. The zero-order valence-corrected chi connectivity index (χ0v) is 14.0. The van der Waals surface area contributed by atoms with E-state index in [1.807, 2.05) is 18.2 Å². The van der Waals surface area contributed by atoms with Crippen LogP contribution in [-0.2, 0) is 4.79 Å². The van der Waals surface area contributed by atoms with Gasteiger partial charge >= 0.3 is 0 Å². The number of hydrogen-bond donors (Lipinski definition) is 4. The summed E-state index contributed by atoms with van der Waals surface area (Å²) in [4.78, 5) is 11.9. The first-order valence-electron chi connectivity index (χ1n) is 6.80. The number of aromatic hydroxyl groups is 1. The molecule has 2 rings (SSSR count). The van der Waals surface area contributed by atoms with Gasteiger partial charge in [-0.05, 0) is 47.9 Å². The van der Waals surface area contributed by atoms with E-state index in [2.05, 4.69) is 21.2 Å². The van der Waals surface area contributed by atoms with Gasteiger partial charge in [0.15, 0.2) is 5.96 Å². The van der Waals surface area contributed by atoms with Gasteiger partial charge < -0.3 is 10.8 Å². The predicted octanol–water partition coefficient (Wildman–Crippen LogP) is 3.23. The summed E-state index contributed by atoms with van der Waals surface area (Å²) in [6.07, 6.45) is 1.73. The molecule has 23 heavy (non-hydrogen) atoms. The molecule has 0 atom stereocenters. The molecule has 118 valence electrons. The number of benzene rings is 2. The highest BCUT2D eigenvalue weighted by Gasteiger charge is 2.10. The fourth-order valence-electron chi connectivity index (χ4n) is 2.08. The van der Waals surface area contributed by atoms with E-state index >= 15 is 0 Å². The van der Waals surface area contributed by atoms with Crippen molar-refractivity contribution in [1.29, 1.82) is 5.41 Å². The van der Waals surface area contributed by atoms with E-state index in [-0.39, 0.29) is 5.75 Å². The Morgan fingerprint density at radius 1 is 1.26 bits per heavy atom. The Morgan fingerprint density at radius 2 is 1.91 bits per heavy atom. The van der Waals surface area contributed by atoms with Gasteiger partial charge in [0, 0.05) is 10.0 Å². The van der Waals surface area contributed by atoms with Gasteiger partial charge in [0.25, 0.3) is 5.91 Å². The van der Waals surface area contributed by atoms with Crippen LogP contribution in [0.15, 0.2) is 52.5 Å². The van der Waals surface area contributed by atoms with E-state index in [9.17, 15) is 9.90 Å². The highest BCUT2D eigenvalue weighted by Crippen LogP contribution is 2.32. The molecular weight excluding hydrogens is 358 g/mol. The third-order valence-corrected chi connectivity index (χ3v) is 3.89. The van der Waals surface area contributed by atoms with Gasteiger partial charge in [-0.3, -0.25) is 15.5 Å². The van der Waals surface area contributed by atoms with Crippen LogP contribution in [0.5, 0.6) is 5.75 Å². The average molecular weight is 374 g/mol. The Kier molecular flexibility index (Phi) is 5.18. The van der Waals surface area contributed by atoms with Crippen molar-refractivity contribution in [3.05, 3.63) is 58.1 Å². The van der Waals surface area contributed by atoms with Crippen LogP contribution in [0.4, 0.5) is 0 Å². The number of nitrogens with one attached hydrogen (secondary N) is 2. The lowest BCUT2D eigenvalue weighted by molar-refractivity contribution is -0.116. The van der Waals surface area contributed by atoms with Crippen molar-refractivity contribution < 1.29 is 9.90 Å². The molecule has 0 aliphatic carbocycles. The third-order valence-electron chi connectivity index (χ3n) is 3.20. The molecule has 0 heterocycles. The summed E-state index contributed by atoms with van der Waals surface area (Å²) in [5, 5.41) is 18.8. The number of nitrogens with two attached hydrogens (primary N) is 1. The van der Waals surface area contributed by atoms with Gasteiger partial charge in [-0.15, -0.1) is 0 Å². The molecular formula is C17H16BrN3O2. The van der Waals surface area contributed by atoms with E-state index in [0.717, 1.165) is 21.2 Å². The van der Waals surface area contributed by atoms with Crippen LogP contribution in [0.1, 0.15) is 12.5 Å². The Bertz CT molecular complexity index is 783. The van der Waals surface area contributed by atoms with E-state index in [4.69, 9.17) is 11.1 Å². The van der Waals surface area contributed by atoms with E-state index < -0.39 is 11.9 Å². The third kappa shape index (κ3) is 4.20. The van der Waals surface area contributed by atoms with Crippen molar-refractivity contribution in [2.75, 3.05) is 0 Å². The maximum atomic E-state index is 11.9. The largest absolute Gasteiger partial charge is 0.508 e. The van der Waals surface area contributed by atoms with Crippen LogP contribution < -0.4 is 11.1 Å². The summed E-state index contributed by atoms with van der Waals surface area (Å²) in [7, 11) is 0. The second kappa shape index (κ2) is 7.11. The molecule has 0 saturated heterocycles. The standard InChI is InChI=1S/C17H16BrN3O2/c1-10(16(23)21-17(19)20)9-14-13(3-2-4-15(14)18)11-5-7-12(22)8-6-11/h2-9,22H,1H3,(H4,19,20,21,23)/b10-9+. The molecule has 6 heteroatoms. The number of carbonyl (C=O) groups excluding carboxylic acids is 1. The molecule has 0 spiro atoms. The van der Waals surface area contributed by atoms with Crippen LogP contribution in [0.3, 0.4) is 0 Å². The van der Waals surface area contributed by atoms with Gasteiger partial charge in [0.05, 0.1) is 0 Å². The Balaban J connectivity index is 2.48. The maximum Gasteiger partial charge on any atom is 0.253 e. The number of guanidine groups is 1. The molecule has 5 nitrogen and oxygen atoms in total. The molecule has 0 bridgehead atoms. The molecule has 0 radical (unpaired) electrons. The highest BCUT2D eigenvalue weighted by atomic mass is 79.9. The lowest BCUT2D eigenvalue weighted by Crippen LogP contribution is -2.36. The zero-order valence-electron chi connectivity index (χ0n) is 12.4. The molecule has 0 aromatic heterocycles. The topological polar surface area (TPSA) is 99.2 Å². The molecule has 0 saturated carbocycles. The number of hydrogen-bond acceptors (Lipinski definition) is 3. The van der Waals surface area contributed by atoms with Crippen molar-refractivity contribution >= 4 is 33.9 Å². The smallest absolute Gasteiger partial charge is 0.253 e. The first-order valence-corrected chi connectivity index (χ1v) is 7.59. The van der Waals surface area contributed by atoms with Gasteiger partial charge in [0.2, 0.25) is 0 Å². The molecule has 0 aliphatic rings. The van der Waals surface area contributed by atoms with Crippen molar-refractivity contribution in [3.63, 3.8) is 0 Å². The Morgan fingerprint density at radius 3 is 2.52 bits per heavy atom. The highest BCUT2D eigenvalue weighted by molar-refractivity contribution is 9.10. The Hall–Kier alpha value is -2.60. The number of phenols is 1. The van der Waals surface area contributed by atoms with Crippen LogP contribution in [0, 0.1) is 5.41 Å². The summed E-state index contributed by atoms with van der Waals surface area (Å²) in [6, 6.07) is 12.5. The number of halogens is 1. The molecule has 2 aromatic carbocycles. The fraction of sp³-hybridized carbons (Fsp3) is 0.0588. The van der Waals surface area contributed by atoms with Crippen molar-refractivity contribution in [2.24, 2.45) is 5.73 Å². The Labute approximate surface area is 142 Å². The maximum absolute atomic E-state index is 11.9. The van der Waals surface area contributed by atoms with Crippen LogP contribution in [0.2, 0.25) is 0 Å². The van der Waals surface area contributed by atoms with Gasteiger partial charge in [0.1, 0.15) is 5.75 Å². The minimum Gasteiger partial charge on any atom is -0.508 e. The van der Waals surface area contributed by atoms with Crippen molar-refractivity contribution in [3.8, 4) is 16.9 Å². The summed E-state index contributed by atoms with van der Waals surface area (Å²) in [5.41, 5.74) is 8.26. The average Bonchev–Trinajstić information content (AvgIpc) is 2.49. The molecule has 0 unspecified atom stereocenters. The minimum atomic E-state index is -0.426. The van der Waals surface area contributed by atoms with Gasteiger partial charge in [-0.25, -0.2) is 0 Å². The number of phenolic OH excluding ortho intramolecular Hbond substituents is 1. The van der Waals surface area contributed by atoms with Crippen LogP contribution >= 0.6 is 15.9 Å². The normalized spacial score (nSPS) is 11.1. The molecule has 5 N–H and O–H groups in total. The van der Waals surface area contributed by atoms with E-state index in [1.54, 1.807) is 37.3 Å². The molecule has 0 aliphatic heterocycles. The monoisotopic (exact) mass is 373 g/mol. The summed E-state index contributed by atoms with van der Waals surface area (Å²) in [6.45, 7) is 1.65. The summed E-state index contributed by atoms with van der Waals surface area (Å²) >= 11 is 3.49. The lowest BCUT2D eigenvalue weighted by atomic mass is 9.98. The number of rotatable bonds is 3. The van der Waals surface area contributed by atoms with E-state index in [1.165, 1.54) is 0 Å². The SMILES string of the molecule is C/C(=C\c1c(Br)cccc1-c1ccc(O)cc1)C(=O)NC(=N)N. The molecule has 0 fully saturated rings. The zero-order chi connectivity index (χ0) is 17.0. The van der Waals surface area contributed by atoms with Gasteiger partial charge in [-0.2, -0.15) is 0 Å². The fourth-order valence-corrected chi connectivity index (χ4v) is 2.56. The van der Waals surface area contributed by atoms with Gasteiger partial charge in [-0.1, -0.05) is 40.2 Å². The second-order valence-corrected chi connectivity index (χ2v) is 5.80. The number of amides is 1. The summed E-state index contributed by atoms with van der Waals surface area (Å²) < 4.78 is 0.832. The van der Waals surface area contributed by atoms with Crippen molar-refractivity contribution in [1.82, 2.24) is 5.32 Å². The van der Waals surface area contributed by atoms with E-state index in [0.29, 0.717) is 5.57 Å². The van der Waals surface area contributed by atoms with Crippen LogP contribution in [-0.4, -0.2) is 17.0 Å². The minimum absolute atomic E-state index is 0.192. The quantitative estimate of drug-likeness (QED) is 0.377. The van der Waals surface area contributed by atoms with Crippen LogP contribution in [0.25, 0.3) is 17.2 Å². The molecule has 2 aromatic rings. The first kappa shape index (κ1) is 16.8. The number of carbonyl (C=O) groups is 1. The predicted molar refractivity (Wildman–Crippen MR) is 95.0 cm³/mol. The summed E-state index contributed by atoms with van der Waals surface area (Å²) in [5.74, 6) is -0.628. The lowest BCUT2D eigenvalue weighted by Gasteiger charge is -2.10. The van der Waals surface area contributed by atoms with Crippen molar-refractivity contribution in [2.45, 2.75) is 6.92 Å². The first-order chi connectivity index (χ1) is 10.9.